The van der Waals surface area contributed by atoms with Crippen LogP contribution in [0.5, 0.6) is 0 Å². The van der Waals surface area contributed by atoms with Crippen LogP contribution in [0.15, 0.2) is 0 Å². The Labute approximate surface area is 108 Å². The van der Waals surface area contributed by atoms with E-state index in [1.807, 2.05) is 0 Å². The van der Waals surface area contributed by atoms with Crippen molar-refractivity contribution in [1.29, 1.82) is 0 Å². The lowest BCUT2D eigenvalue weighted by Crippen LogP contribution is -2.37. The highest BCUT2D eigenvalue weighted by atomic mass is 16.3. The highest BCUT2D eigenvalue weighted by Crippen LogP contribution is 2.38. The van der Waals surface area contributed by atoms with Crippen LogP contribution in [0.25, 0.3) is 0 Å². The molecule has 1 aliphatic carbocycles. The molecule has 1 nitrogen and oxygen atoms in total. The van der Waals surface area contributed by atoms with Crippen LogP contribution in [0.4, 0.5) is 0 Å². The molecule has 1 fully saturated rings. The van der Waals surface area contributed by atoms with E-state index >= 15 is 0 Å². The van der Waals surface area contributed by atoms with Crippen molar-refractivity contribution in [2.24, 2.45) is 11.8 Å². The zero-order valence-electron chi connectivity index (χ0n) is 12.2. The van der Waals surface area contributed by atoms with Crippen molar-refractivity contribution in [2.45, 2.75) is 90.6 Å². The molecule has 0 saturated heterocycles. The van der Waals surface area contributed by atoms with E-state index in [4.69, 9.17) is 0 Å². The lowest BCUT2D eigenvalue weighted by molar-refractivity contribution is -0.0367. The molecule has 0 radical (unpaired) electrons. The van der Waals surface area contributed by atoms with Gasteiger partial charge in [0.1, 0.15) is 0 Å². The summed E-state index contributed by atoms with van der Waals surface area (Å²) in [6.07, 6.45) is 12.3. The van der Waals surface area contributed by atoms with E-state index in [9.17, 15) is 5.11 Å². The lowest BCUT2D eigenvalue weighted by Gasteiger charge is -2.39. The average molecular weight is 240 g/mol. The number of hydrogen-bond donors (Lipinski definition) is 1. The Hall–Kier alpha value is -0.0400. The average Bonchev–Trinajstić information content (AvgIpc) is 2.29. The van der Waals surface area contributed by atoms with Crippen molar-refractivity contribution >= 4 is 0 Å². The van der Waals surface area contributed by atoms with Crippen LogP contribution in [0.2, 0.25) is 0 Å². The Morgan fingerprint density at radius 1 is 1.00 bits per heavy atom. The molecule has 1 heteroatoms. The van der Waals surface area contributed by atoms with Crippen molar-refractivity contribution in [3.63, 3.8) is 0 Å². The van der Waals surface area contributed by atoms with Gasteiger partial charge in [-0.15, -0.1) is 0 Å². The summed E-state index contributed by atoms with van der Waals surface area (Å²) in [6.45, 7) is 6.89. The van der Waals surface area contributed by atoms with Crippen LogP contribution >= 0.6 is 0 Å². The summed E-state index contributed by atoms with van der Waals surface area (Å²) in [7, 11) is 0. The molecule has 1 aliphatic rings. The number of rotatable bonds is 7. The molecule has 3 atom stereocenters. The van der Waals surface area contributed by atoms with Crippen LogP contribution in [0.1, 0.15) is 85.0 Å². The molecule has 3 unspecified atom stereocenters. The van der Waals surface area contributed by atoms with Gasteiger partial charge in [-0.1, -0.05) is 59.3 Å². The molecular formula is C16H32O. The smallest absolute Gasteiger partial charge is 0.0650 e. The summed E-state index contributed by atoms with van der Waals surface area (Å²) in [5, 5.41) is 10.6. The summed E-state index contributed by atoms with van der Waals surface area (Å²) in [4.78, 5) is 0. The van der Waals surface area contributed by atoms with Gasteiger partial charge in [-0.3, -0.25) is 0 Å². The molecular weight excluding hydrogens is 208 g/mol. The second-order valence-electron chi connectivity index (χ2n) is 6.44. The molecule has 0 heterocycles. The summed E-state index contributed by atoms with van der Waals surface area (Å²) < 4.78 is 0. The topological polar surface area (TPSA) is 20.2 Å². The first-order valence-electron chi connectivity index (χ1n) is 7.80. The van der Waals surface area contributed by atoms with Gasteiger partial charge in [0.2, 0.25) is 0 Å². The van der Waals surface area contributed by atoms with E-state index in [0.717, 1.165) is 25.2 Å². The normalized spacial score (nSPS) is 33.9. The first-order chi connectivity index (χ1) is 8.07. The molecule has 0 aromatic heterocycles. The maximum Gasteiger partial charge on any atom is 0.0650 e. The first kappa shape index (κ1) is 15.0. The minimum absolute atomic E-state index is 0.323. The summed E-state index contributed by atoms with van der Waals surface area (Å²) in [6, 6.07) is 0. The molecule has 0 spiro atoms. The van der Waals surface area contributed by atoms with E-state index < -0.39 is 0 Å². The fourth-order valence-electron chi connectivity index (χ4n) is 3.14. The highest BCUT2D eigenvalue weighted by Gasteiger charge is 2.35. The largest absolute Gasteiger partial charge is 0.390 e. The quantitative estimate of drug-likeness (QED) is 0.626. The van der Waals surface area contributed by atoms with Gasteiger partial charge in [-0.05, 0) is 37.5 Å². The van der Waals surface area contributed by atoms with Crippen molar-refractivity contribution in [1.82, 2.24) is 0 Å². The summed E-state index contributed by atoms with van der Waals surface area (Å²) in [5.41, 5.74) is -0.323. The van der Waals surface area contributed by atoms with Crippen LogP contribution in [-0.2, 0) is 0 Å². The zero-order chi connectivity index (χ0) is 12.7. The van der Waals surface area contributed by atoms with E-state index in [1.54, 1.807) is 0 Å². The molecule has 0 aromatic carbocycles. The Balaban J connectivity index is 2.13. The molecule has 0 bridgehead atoms. The minimum atomic E-state index is -0.323. The SMILES string of the molecule is CCCCCCCCC1(O)CCC(C)C(C)C1. The molecule has 17 heavy (non-hydrogen) atoms. The third-order valence-corrected chi connectivity index (χ3v) is 4.73. The molecule has 0 aromatic rings. The summed E-state index contributed by atoms with van der Waals surface area (Å²) >= 11 is 0. The fourth-order valence-corrected chi connectivity index (χ4v) is 3.14. The van der Waals surface area contributed by atoms with Gasteiger partial charge < -0.3 is 5.11 Å². The molecule has 0 amide bonds. The summed E-state index contributed by atoms with van der Waals surface area (Å²) in [5.74, 6) is 1.51. The van der Waals surface area contributed by atoms with Crippen LogP contribution in [0, 0.1) is 11.8 Å². The van der Waals surface area contributed by atoms with Gasteiger partial charge in [0.15, 0.2) is 0 Å². The number of hydrogen-bond acceptors (Lipinski definition) is 1. The van der Waals surface area contributed by atoms with Gasteiger partial charge in [-0.25, -0.2) is 0 Å². The Morgan fingerprint density at radius 3 is 2.29 bits per heavy atom. The van der Waals surface area contributed by atoms with Crippen molar-refractivity contribution in [2.75, 3.05) is 0 Å². The third-order valence-electron chi connectivity index (χ3n) is 4.73. The fraction of sp³-hybridized carbons (Fsp3) is 1.00. The molecule has 1 saturated carbocycles. The van der Waals surface area contributed by atoms with Gasteiger partial charge in [0, 0.05) is 0 Å². The van der Waals surface area contributed by atoms with Crippen LogP contribution in [0.3, 0.4) is 0 Å². The van der Waals surface area contributed by atoms with Gasteiger partial charge in [0.25, 0.3) is 0 Å². The number of unbranched alkanes of at least 4 members (excludes halogenated alkanes) is 5. The predicted molar refractivity (Wildman–Crippen MR) is 75.1 cm³/mol. The Bertz CT molecular complexity index is 202. The first-order valence-corrected chi connectivity index (χ1v) is 7.80. The number of aliphatic hydroxyl groups is 1. The monoisotopic (exact) mass is 240 g/mol. The molecule has 0 aliphatic heterocycles. The highest BCUT2D eigenvalue weighted by molar-refractivity contribution is 4.87. The second kappa shape index (κ2) is 7.41. The molecule has 102 valence electrons. The second-order valence-corrected chi connectivity index (χ2v) is 6.44. The van der Waals surface area contributed by atoms with E-state index in [-0.39, 0.29) is 5.60 Å². The van der Waals surface area contributed by atoms with Crippen molar-refractivity contribution in [3.8, 4) is 0 Å². The van der Waals surface area contributed by atoms with Gasteiger partial charge in [0.05, 0.1) is 5.60 Å². The van der Waals surface area contributed by atoms with Crippen molar-refractivity contribution in [3.05, 3.63) is 0 Å². The maximum atomic E-state index is 10.6. The Kier molecular flexibility index (Phi) is 6.54. The Morgan fingerprint density at radius 2 is 1.65 bits per heavy atom. The van der Waals surface area contributed by atoms with Crippen molar-refractivity contribution < 1.29 is 5.11 Å². The van der Waals surface area contributed by atoms with E-state index in [0.29, 0.717) is 5.92 Å². The van der Waals surface area contributed by atoms with Gasteiger partial charge >= 0.3 is 0 Å². The maximum absolute atomic E-state index is 10.6. The zero-order valence-corrected chi connectivity index (χ0v) is 12.2. The standard InChI is InChI=1S/C16H32O/c1-4-5-6-7-8-9-11-16(17)12-10-14(2)15(3)13-16/h14-15,17H,4-13H2,1-3H3. The van der Waals surface area contributed by atoms with Gasteiger partial charge in [-0.2, -0.15) is 0 Å². The third kappa shape index (κ3) is 5.42. The van der Waals surface area contributed by atoms with E-state index in [2.05, 4.69) is 20.8 Å². The van der Waals surface area contributed by atoms with Crippen LogP contribution in [-0.4, -0.2) is 10.7 Å². The molecule has 1 rings (SSSR count). The minimum Gasteiger partial charge on any atom is -0.390 e. The van der Waals surface area contributed by atoms with Crippen LogP contribution < -0.4 is 0 Å². The van der Waals surface area contributed by atoms with E-state index in [1.165, 1.54) is 44.9 Å². The predicted octanol–water partition coefficient (Wildman–Crippen LogP) is 4.92. The molecule has 1 N–H and O–H groups in total. The lowest BCUT2D eigenvalue weighted by atomic mass is 9.71.